The molecule has 0 spiro atoms. The number of nitrogens with two attached hydrogens (primary N) is 1. The van der Waals surface area contributed by atoms with Crippen LogP contribution < -0.4 is 5.73 Å². The second kappa shape index (κ2) is 4.76. The van der Waals surface area contributed by atoms with Gasteiger partial charge in [-0.1, -0.05) is 6.07 Å². The van der Waals surface area contributed by atoms with Crippen LogP contribution in [0.15, 0.2) is 24.4 Å². The number of aryl methyl sites for hydroxylation is 2. The second-order valence-electron chi connectivity index (χ2n) is 5.08. The zero-order valence-electron chi connectivity index (χ0n) is 12.1. The average molecular weight is 269 g/mol. The molecule has 0 fully saturated rings. The van der Waals surface area contributed by atoms with Gasteiger partial charge in [-0.25, -0.2) is 9.97 Å². The van der Waals surface area contributed by atoms with Crippen LogP contribution in [0.2, 0.25) is 0 Å². The first-order valence-corrected chi connectivity index (χ1v) is 6.76. The van der Waals surface area contributed by atoms with Crippen molar-refractivity contribution in [3.63, 3.8) is 0 Å². The molecule has 0 aliphatic carbocycles. The van der Waals surface area contributed by atoms with Crippen LogP contribution in [0, 0.1) is 6.92 Å². The van der Waals surface area contributed by atoms with Gasteiger partial charge in [0.1, 0.15) is 11.6 Å². The molecule has 0 aliphatic heterocycles. The van der Waals surface area contributed by atoms with E-state index in [0.717, 1.165) is 40.4 Å². The van der Waals surface area contributed by atoms with Gasteiger partial charge in [0.25, 0.3) is 0 Å². The first kappa shape index (κ1) is 12.9. The first-order chi connectivity index (χ1) is 9.61. The summed E-state index contributed by atoms with van der Waals surface area (Å²) in [5.74, 6) is 2.03. The van der Waals surface area contributed by atoms with E-state index in [1.165, 1.54) is 0 Å². The molecule has 1 aromatic carbocycles. The van der Waals surface area contributed by atoms with Gasteiger partial charge in [-0.05, 0) is 25.6 Å². The molecule has 3 aromatic rings. The number of aromatic nitrogens is 4. The Labute approximate surface area is 118 Å². The number of nitrogens with zero attached hydrogens (tertiary/aromatic N) is 4. The van der Waals surface area contributed by atoms with Crippen LogP contribution in [0.5, 0.6) is 0 Å². The summed E-state index contributed by atoms with van der Waals surface area (Å²) in [6.07, 6.45) is 2.70. The monoisotopic (exact) mass is 269 g/mol. The molecule has 0 saturated heterocycles. The van der Waals surface area contributed by atoms with E-state index in [1.807, 2.05) is 27.2 Å². The normalized spacial score (nSPS) is 11.4. The average Bonchev–Trinajstić information content (AvgIpc) is 2.92. The number of hydrogen-bond acceptors (Lipinski definition) is 3. The predicted octanol–water partition coefficient (Wildman–Crippen LogP) is 1.78. The fraction of sp³-hybridized carbons (Fsp3) is 0.333. The van der Waals surface area contributed by atoms with Crippen molar-refractivity contribution < 1.29 is 0 Å². The Balaban J connectivity index is 2.10. The zero-order chi connectivity index (χ0) is 14.3. The number of benzene rings is 1. The molecule has 104 valence electrons. The van der Waals surface area contributed by atoms with Crippen LogP contribution in [0.4, 0.5) is 0 Å². The van der Waals surface area contributed by atoms with E-state index in [0.29, 0.717) is 6.54 Å². The van der Waals surface area contributed by atoms with Crippen molar-refractivity contribution in [1.82, 2.24) is 19.1 Å². The molecule has 0 unspecified atom stereocenters. The molecule has 0 bridgehead atoms. The standard InChI is InChI=1S/C15H19N5/c1-10-18-12-8-11(4-5-13(12)19(10)2)14-9-17-15(6-7-16)20(14)3/h4-5,8-9H,6-7,16H2,1-3H3. The first-order valence-electron chi connectivity index (χ1n) is 6.76. The van der Waals surface area contributed by atoms with E-state index in [2.05, 4.69) is 37.3 Å². The molecule has 5 heteroatoms. The SMILES string of the molecule is Cc1nc2cc(-c3cnc(CCN)n3C)ccc2n1C. The Morgan fingerprint density at radius 2 is 2.00 bits per heavy atom. The highest BCUT2D eigenvalue weighted by Gasteiger charge is 2.10. The molecule has 0 amide bonds. The molecule has 3 rings (SSSR count). The molecule has 2 N–H and O–H groups in total. The summed E-state index contributed by atoms with van der Waals surface area (Å²) in [4.78, 5) is 9.03. The minimum Gasteiger partial charge on any atom is -0.331 e. The van der Waals surface area contributed by atoms with Crippen LogP contribution in [-0.2, 0) is 20.5 Å². The maximum Gasteiger partial charge on any atom is 0.110 e. The minimum absolute atomic E-state index is 0.614. The van der Waals surface area contributed by atoms with Crippen LogP contribution in [0.25, 0.3) is 22.3 Å². The van der Waals surface area contributed by atoms with Gasteiger partial charge in [0.2, 0.25) is 0 Å². The molecular formula is C15H19N5. The predicted molar refractivity (Wildman–Crippen MR) is 80.4 cm³/mol. The zero-order valence-corrected chi connectivity index (χ0v) is 12.1. The highest BCUT2D eigenvalue weighted by atomic mass is 15.1. The molecule has 0 radical (unpaired) electrons. The second-order valence-corrected chi connectivity index (χ2v) is 5.08. The number of rotatable bonds is 3. The third kappa shape index (κ3) is 1.91. The fourth-order valence-corrected chi connectivity index (χ4v) is 2.56. The van der Waals surface area contributed by atoms with Crippen molar-refractivity contribution in [2.45, 2.75) is 13.3 Å². The summed E-state index contributed by atoms with van der Waals surface area (Å²) in [6.45, 7) is 2.63. The van der Waals surface area contributed by atoms with Gasteiger partial charge in [-0.15, -0.1) is 0 Å². The summed E-state index contributed by atoms with van der Waals surface area (Å²) in [5.41, 5.74) is 10.0. The summed E-state index contributed by atoms with van der Waals surface area (Å²) in [5, 5.41) is 0. The molecule has 5 nitrogen and oxygen atoms in total. The van der Waals surface area contributed by atoms with Gasteiger partial charge in [-0.2, -0.15) is 0 Å². The van der Waals surface area contributed by atoms with Crippen molar-refractivity contribution in [3.8, 4) is 11.3 Å². The number of fused-ring (bicyclic) bond motifs is 1. The van der Waals surface area contributed by atoms with Crippen molar-refractivity contribution in [2.24, 2.45) is 19.8 Å². The lowest BCUT2D eigenvalue weighted by atomic mass is 10.1. The summed E-state index contributed by atoms with van der Waals surface area (Å²) < 4.78 is 4.20. The van der Waals surface area contributed by atoms with Crippen LogP contribution in [0.1, 0.15) is 11.6 Å². The van der Waals surface area contributed by atoms with E-state index < -0.39 is 0 Å². The lowest BCUT2D eigenvalue weighted by Crippen LogP contribution is -2.08. The smallest absolute Gasteiger partial charge is 0.110 e. The van der Waals surface area contributed by atoms with Gasteiger partial charge < -0.3 is 14.9 Å². The summed E-state index contributed by atoms with van der Waals surface area (Å²) in [7, 11) is 4.06. The quantitative estimate of drug-likeness (QED) is 0.788. The number of hydrogen-bond donors (Lipinski definition) is 1. The van der Waals surface area contributed by atoms with Gasteiger partial charge in [0, 0.05) is 26.1 Å². The highest BCUT2D eigenvalue weighted by molar-refractivity contribution is 5.81. The third-order valence-electron chi connectivity index (χ3n) is 3.85. The largest absolute Gasteiger partial charge is 0.331 e. The van der Waals surface area contributed by atoms with E-state index in [1.54, 1.807) is 0 Å². The minimum atomic E-state index is 0.614. The summed E-state index contributed by atoms with van der Waals surface area (Å²) >= 11 is 0. The molecule has 0 saturated carbocycles. The molecule has 0 aliphatic rings. The van der Waals surface area contributed by atoms with E-state index in [4.69, 9.17) is 5.73 Å². The number of imidazole rings is 2. The molecule has 20 heavy (non-hydrogen) atoms. The van der Waals surface area contributed by atoms with Gasteiger partial charge in [0.15, 0.2) is 0 Å². The highest BCUT2D eigenvalue weighted by Crippen LogP contribution is 2.24. The Morgan fingerprint density at radius 3 is 2.75 bits per heavy atom. The van der Waals surface area contributed by atoms with Crippen LogP contribution in [-0.4, -0.2) is 25.6 Å². The summed E-state index contributed by atoms with van der Waals surface area (Å²) in [6, 6.07) is 6.35. The van der Waals surface area contributed by atoms with Crippen molar-refractivity contribution >= 4 is 11.0 Å². The van der Waals surface area contributed by atoms with E-state index >= 15 is 0 Å². The Kier molecular flexibility index (Phi) is 3.06. The Morgan fingerprint density at radius 1 is 1.20 bits per heavy atom. The lowest BCUT2D eigenvalue weighted by Gasteiger charge is -2.06. The van der Waals surface area contributed by atoms with Crippen LogP contribution >= 0.6 is 0 Å². The van der Waals surface area contributed by atoms with Crippen molar-refractivity contribution in [2.75, 3.05) is 6.54 Å². The van der Waals surface area contributed by atoms with Gasteiger partial charge >= 0.3 is 0 Å². The topological polar surface area (TPSA) is 61.7 Å². The van der Waals surface area contributed by atoms with Gasteiger partial charge in [0.05, 0.1) is 22.9 Å². The van der Waals surface area contributed by atoms with Crippen molar-refractivity contribution in [1.29, 1.82) is 0 Å². The van der Waals surface area contributed by atoms with Crippen molar-refractivity contribution in [3.05, 3.63) is 36.0 Å². The Hall–Kier alpha value is -2.14. The molecule has 2 aromatic heterocycles. The Bertz CT molecular complexity index is 766. The molecular weight excluding hydrogens is 250 g/mol. The fourth-order valence-electron chi connectivity index (χ4n) is 2.56. The lowest BCUT2D eigenvalue weighted by molar-refractivity contribution is 0.782. The van der Waals surface area contributed by atoms with Crippen LogP contribution in [0.3, 0.4) is 0 Å². The van der Waals surface area contributed by atoms with E-state index in [-0.39, 0.29) is 0 Å². The third-order valence-corrected chi connectivity index (χ3v) is 3.85. The van der Waals surface area contributed by atoms with E-state index in [9.17, 15) is 0 Å². The van der Waals surface area contributed by atoms with Gasteiger partial charge in [-0.3, -0.25) is 0 Å². The maximum atomic E-state index is 5.61. The maximum absolute atomic E-state index is 5.61. The molecule has 2 heterocycles. The molecule has 0 atom stereocenters.